The average Bonchev–Trinajstić information content (AvgIpc) is 3.21. The van der Waals surface area contributed by atoms with Crippen molar-refractivity contribution in [3.05, 3.63) is 45.2 Å². The number of aryl methyl sites for hydroxylation is 2. The van der Waals surface area contributed by atoms with E-state index in [9.17, 15) is 4.79 Å². The van der Waals surface area contributed by atoms with Gasteiger partial charge in [-0.1, -0.05) is 0 Å². The lowest BCUT2D eigenvalue weighted by Gasteiger charge is -2.37. The van der Waals surface area contributed by atoms with Gasteiger partial charge in [0.25, 0.3) is 5.56 Å². The van der Waals surface area contributed by atoms with Gasteiger partial charge in [-0.15, -0.1) is 0 Å². The van der Waals surface area contributed by atoms with Crippen LogP contribution >= 0.6 is 0 Å². The fraction of sp³-hybridized carbons (Fsp3) is 0.550. The van der Waals surface area contributed by atoms with E-state index in [0.29, 0.717) is 6.04 Å². The van der Waals surface area contributed by atoms with Crippen LogP contribution in [0.2, 0.25) is 0 Å². The lowest BCUT2D eigenvalue weighted by molar-refractivity contribution is 0.0991. The SMILES string of the molecule is O=c1[nH]c2cc3c(cc2cc1CN1CCN2CCCC2C1)CCC3. The van der Waals surface area contributed by atoms with Gasteiger partial charge in [0.05, 0.1) is 0 Å². The van der Waals surface area contributed by atoms with E-state index in [1.807, 2.05) is 0 Å². The van der Waals surface area contributed by atoms with Gasteiger partial charge in [0.1, 0.15) is 0 Å². The van der Waals surface area contributed by atoms with Crippen LogP contribution in [0.5, 0.6) is 0 Å². The first kappa shape index (κ1) is 14.7. The maximum absolute atomic E-state index is 12.5. The maximum Gasteiger partial charge on any atom is 0.252 e. The normalized spacial score (nSPS) is 24.4. The van der Waals surface area contributed by atoms with Crippen LogP contribution in [0, 0.1) is 0 Å². The summed E-state index contributed by atoms with van der Waals surface area (Å²) in [7, 11) is 0. The van der Waals surface area contributed by atoms with Crippen molar-refractivity contribution in [3.8, 4) is 0 Å². The molecule has 1 aromatic heterocycles. The molecule has 24 heavy (non-hydrogen) atoms. The molecular formula is C20H25N3O. The molecule has 1 atom stereocenters. The van der Waals surface area contributed by atoms with Gasteiger partial charge in [-0.3, -0.25) is 14.6 Å². The van der Waals surface area contributed by atoms with E-state index in [1.165, 1.54) is 48.7 Å². The van der Waals surface area contributed by atoms with Crippen LogP contribution in [0.4, 0.5) is 0 Å². The Bertz CT molecular complexity index is 841. The molecule has 2 fully saturated rings. The first-order chi connectivity index (χ1) is 11.8. The minimum absolute atomic E-state index is 0.0919. The van der Waals surface area contributed by atoms with Gasteiger partial charge in [-0.2, -0.15) is 0 Å². The van der Waals surface area contributed by atoms with Crippen LogP contribution in [0.25, 0.3) is 10.9 Å². The molecule has 0 bridgehead atoms. The zero-order valence-corrected chi connectivity index (χ0v) is 14.2. The molecule has 3 aliphatic rings. The molecule has 1 N–H and O–H groups in total. The Kier molecular flexibility index (Phi) is 3.49. The second kappa shape index (κ2) is 5.71. The molecule has 4 nitrogen and oxygen atoms in total. The molecule has 2 aliphatic heterocycles. The van der Waals surface area contributed by atoms with Crippen LogP contribution < -0.4 is 5.56 Å². The van der Waals surface area contributed by atoms with Crippen molar-refractivity contribution < 1.29 is 0 Å². The Morgan fingerprint density at radius 3 is 2.83 bits per heavy atom. The lowest BCUT2D eigenvalue weighted by Crippen LogP contribution is -2.49. The smallest absolute Gasteiger partial charge is 0.252 e. The number of aromatic amines is 1. The van der Waals surface area contributed by atoms with Crippen LogP contribution in [-0.2, 0) is 19.4 Å². The van der Waals surface area contributed by atoms with Gasteiger partial charge < -0.3 is 4.98 Å². The van der Waals surface area contributed by atoms with E-state index in [-0.39, 0.29) is 5.56 Å². The number of nitrogens with one attached hydrogen (secondary N) is 1. The molecule has 0 amide bonds. The number of hydrogen-bond donors (Lipinski definition) is 1. The first-order valence-electron chi connectivity index (χ1n) is 9.40. The van der Waals surface area contributed by atoms with Crippen molar-refractivity contribution >= 4 is 10.9 Å². The Morgan fingerprint density at radius 1 is 1.04 bits per heavy atom. The minimum Gasteiger partial charge on any atom is -0.322 e. The zero-order chi connectivity index (χ0) is 16.1. The second-order valence-electron chi connectivity index (χ2n) is 7.75. The molecule has 1 aromatic carbocycles. The predicted octanol–water partition coefficient (Wildman–Crippen LogP) is 2.30. The Labute approximate surface area is 142 Å². The van der Waals surface area contributed by atoms with E-state index in [4.69, 9.17) is 0 Å². The predicted molar refractivity (Wildman–Crippen MR) is 96.5 cm³/mol. The molecule has 0 radical (unpaired) electrons. The third kappa shape index (κ3) is 2.49. The molecule has 2 aromatic rings. The van der Waals surface area contributed by atoms with Crippen LogP contribution in [-0.4, -0.2) is 47.0 Å². The number of rotatable bonds is 2. The molecule has 0 saturated carbocycles. The maximum atomic E-state index is 12.5. The van der Waals surface area contributed by atoms with Gasteiger partial charge >= 0.3 is 0 Å². The van der Waals surface area contributed by atoms with Gasteiger partial charge in [0.15, 0.2) is 0 Å². The fourth-order valence-corrected chi connectivity index (χ4v) is 4.88. The Hall–Kier alpha value is -1.65. The van der Waals surface area contributed by atoms with Gasteiger partial charge in [-0.05, 0) is 73.4 Å². The number of nitrogens with zero attached hydrogens (tertiary/aromatic N) is 2. The highest BCUT2D eigenvalue weighted by atomic mass is 16.1. The van der Waals surface area contributed by atoms with Crippen molar-refractivity contribution in [2.75, 3.05) is 26.2 Å². The van der Waals surface area contributed by atoms with Crippen molar-refractivity contribution in [1.29, 1.82) is 0 Å². The van der Waals surface area contributed by atoms with Crippen LogP contribution in [0.15, 0.2) is 23.0 Å². The summed E-state index contributed by atoms with van der Waals surface area (Å²) in [4.78, 5) is 20.8. The number of piperazine rings is 1. The minimum atomic E-state index is 0.0919. The molecule has 3 heterocycles. The molecule has 126 valence electrons. The van der Waals surface area contributed by atoms with Crippen LogP contribution in [0.3, 0.4) is 0 Å². The van der Waals surface area contributed by atoms with Crippen molar-refractivity contribution in [1.82, 2.24) is 14.8 Å². The lowest BCUT2D eigenvalue weighted by atomic mass is 10.0. The van der Waals surface area contributed by atoms with E-state index in [2.05, 4.69) is 33.0 Å². The number of pyridine rings is 1. The summed E-state index contributed by atoms with van der Waals surface area (Å²) < 4.78 is 0. The highest BCUT2D eigenvalue weighted by molar-refractivity contribution is 5.81. The third-order valence-electron chi connectivity index (χ3n) is 6.20. The molecular weight excluding hydrogens is 298 g/mol. The van der Waals surface area contributed by atoms with Crippen molar-refractivity contribution in [2.45, 2.75) is 44.7 Å². The highest BCUT2D eigenvalue weighted by Crippen LogP contribution is 2.27. The summed E-state index contributed by atoms with van der Waals surface area (Å²) in [6.45, 7) is 5.40. The summed E-state index contributed by atoms with van der Waals surface area (Å²) in [5, 5.41) is 1.20. The number of benzene rings is 1. The summed E-state index contributed by atoms with van der Waals surface area (Å²) in [6, 6.07) is 7.33. The van der Waals surface area contributed by atoms with E-state index < -0.39 is 0 Å². The second-order valence-corrected chi connectivity index (χ2v) is 7.75. The standard InChI is InChI=1S/C20H25N3O/c24-20-17(12-22-7-8-23-6-2-5-18(23)13-22)10-16-9-14-3-1-4-15(14)11-19(16)21-20/h9-11,18H,1-8,12-13H2,(H,21,24). The summed E-state index contributed by atoms with van der Waals surface area (Å²) in [5.74, 6) is 0. The zero-order valence-electron chi connectivity index (χ0n) is 14.2. The largest absolute Gasteiger partial charge is 0.322 e. The quantitative estimate of drug-likeness (QED) is 0.922. The third-order valence-corrected chi connectivity index (χ3v) is 6.20. The molecule has 4 heteroatoms. The molecule has 5 rings (SSSR count). The molecule has 2 saturated heterocycles. The van der Waals surface area contributed by atoms with Crippen LogP contribution in [0.1, 0.15) is 36.0 Å². The van der Waals surface area contributed by atoms with E-state index >= 15 is 0 Å². The average molecular weight is 323 g/mol. The number of aromatic nitrogens is 1. The highest BCUT2D eigenvalue weighted by Gasteiger charge is 2.30. The summed E-state index contributed by atoms with van der Waals surface area (Å²) >= 11 is 0. The first-order valence-corrected chi connectivity index (χ1v) is 9.40. The van der Waals surface area contributed by atoms with Crippen molar-refractivity contribution in [2.24, 2.45) is 0 Å². The van der Waals surface area contributed by atoms with E-state index in [1.54, 1.807) is 0 Å². The Balaban J connectivity index is 1.43. The molecule has 1 aliphatic carbocycles. The number of fused-ring (bicyclic) bond motifs is 3. The van der Waals surface area contributed by atoms with Crippen molar-refractivity contribution in [3.63, 3.8) is 0 Å². The van der Waals surface area contributed by atoms with Gasteiger partial charge in [0, 0.05) is 43.3 Å². The molecule has 1 unspecified atom stereocenters. The van der Waals surface area contributed by atoms with Gasteiger partial charge in [-0.25, -0.2) is 0 Å². The Morgan fingerprint density at radius 2 is 1.92 bits per heavy atom. The number of H-pyrrole nitrogens is 1. The fourth-order valence-electron chi connectivity index (χ4n) is 4.88. The summed E-state index contributed by atoms with van der Waals surface area (Å²) in [5.41, 5.74) is 4.91. The molecule has 0 spiro atoms. The van der Waals surface area contributed by atoms with Gasteiger partial charge in [0.2, 0.25) is 0 Å². The number of hydrogen-bond acceptors (Lipinski definition) is 3. The topological polar surface area (TPSA) is 39.3 Å². The van der Waals surface area contributed by atoms with E-state index in [0.717, 1.165) is 43.7 Å². The monoisotopic (exact) mass is 323 g/mol. The summed E-state index contributed by atoms with van der Waals surface area (Å²) in [6.07, 6.45) is 6.23.